The molecule has 0 saturated carbocycles. The molecule has 0 radical (unpaired) electrons. The van der Waals surface area contributed by atoms with E-state index in [2.05, 4.69) is 41.8 Å². The van der Waals surface area contributed by atoms with Gasteiger partial charge in [0, 0.05) is 27.3 Å². The zero-order valence-electron chi connectivity index (χ0n) is 15.3. The third-order valence-corrected chi connectivity index (χ3v) is 5.27. The van der Waals surface area contributed by atoms with E-state index in [4.69, 9.17) is 11.6 Å². The first-order valence-corrected chi connectivity index (χ1v) is 10.1. The number of aromatic nitrogens is 2. The second-order valence-electron chi connectivity index (χ2n) is 6.61. The number of nitrogens with one attached hydrogen (secondary N) is 4. The van der Waals surface area contributed by atoms with Crippen LogP contribution in [0.4, 0.5) is 23.1 Å². The average Bonchev–Trinajstić information content (AvgIpc) is 2.70. The molecule has 3 aromatic rings. The van der Waals surface area contributed by atoms with Crippen molar-refractivity contribution in [3.63, 3.8) is 0 Å². The molecule has 8 nitrogen and oxygen atoms in total. The Labute approximate surface area is 184 Å². The zero-order valence-corrected chi connectivity index (χ0v) is 17.7. The molecule has 152 valence electrons. The van der Waals surface area contributed by atoms with Gasteiger partial charge in [-0.25, -0.2) is 0 Å². The van der Waals surface area contributed by atoms with Gasteiger partial charge in [0.25, 0.3) is 5.56 Å². The lowest BCUT2D eigenvalue weighted by Gasteiger charge is -2.23. The van der Waals surface area contributed by atoms with Gasteiger partial charge in [0.05, 0.1) is 11.5 Å². The summed E-state index contributed by atoms with van der Waals surface area (Å²) in [6.45, 7) is 0. The van der Waals surface area contributed by atoms with Crippen LogP contribution in [0.15, 0.2) is 57.8 Å². The quantitative estimate of drug-likeness (QED) is 0.443. The molecule has 4 rings (SSSR count). The van der Waals surface area contributed by atoms with E-state index in [1.807, 2.05) is 0 Å². The molecule has 1 aliphatic rings. The van der Waals surface area contributed by atoms with E-state index in [1.54, 1.807) is 48.5 Å². The fraction of sp³-hybridized carbons (Fsp3) is 0.100. The van der Waals surface area contributed by atoms with Crippen LogP contribution < -0.4 is 21.5 Å². The van der Waals surface area contributed by atoms with Crippen molar-refractivity contribution in [2.45, 2.75) is 12.3 Å². The van der Waals surface area contributed by atoms with Gasteiger partial charge in [0.15, 0.2) is 0 Å². The molecule has 0 saturated heterocycles. The minimum Gasteiger partial charge on any atom is -0.326 e. The van der Waals surface area contributed by atoms with Crippen LogP contribution >= 0.6 is 27.5 Å². The average molecular weight is 489 g/mol. The van der Waals surface area contributed by atoms with Gasteiger partial charge in [-0.2, -0.15) is 4.98 Å². The molecule has 0 bridgehead atoms. The van der Waals surface area contributed by atoms with Crippen LogP contribution in [-0.2, 0) is 9.59 Å². The van der Waals surface area contributed by atoms with E-state index < -0.39 is 23.3 Å². The maximum Gasteiger partial charge on any atom is 0.258 e. The number of hydrogen-bond donors (Lipinski definition) is 4. The van der Waals surface area contributed by atoms with E-state index >= 15 is 0 Å². The third kappa shape index (κ3) is 4.37. The smallest absolute Gasteiger partial charge is 0.258 e. The predicted molar refractivity (Wildman–Crippen MR) is 118 cm³/mol. The summed E-state index contributed by atoms with van der Waals surface area (Å²) in [5.74, 6) is -1.62. The topological polar surface area (TPSA) is 116 Å². The summed E-state index contributed by atoms with van der Waals surface area (Å²) >= 11 is 9.20. The largest absolute Gasteiger partial charge is 0.326 e. The number of nitrogens with zero attached hydrogens (tertiary/aromatic N) is 1. The highest BCUT2D eigenvalue weighted by Crippen LogP contribution is 2.30. The number of hydrogen-bond acceptors (Lipinski definition) is 5. The molecule has 4 N–H and O–H groups in total. The number of fused-ring (bicyclic) bond motifs is 1. The molecule has 0 fully saturated rings. The fourth-order valence-corrected chi connectivity index (χ4v) is 3.48. The van der Waals surface area contributed by atoms with Gasteiger partial charge in [-0.15, -0.1) is 0 Å². The number of anilines is 4. The van der Waals surface area contributed by atoms with Crippen molar-refractivity contribution >= 4 is 62.5 Å². The van der Waals surface area contributed by atoms with Crippen molar-refractivity contribution in [3.05, 3.63) is 73.9 Å². The van der Waals surface area contributed by atoms with E-state index in [1.165, 1.54) is 0 Å². The van der Waals surface area contributed by atoms with Crippen molar-refractivity contribution in [2.24, 2.45) is 0 Å². The molecule has 30 heavy (non-hydrogen) atoms. The van der Waals surface area contributed by atoms with Gasteiger partial charge < -0.3 is 16.0 Å². The Kier molecular flexibility index (Phi) is 5.56. The number of carbonyl (C=O) groups excluding carboxylic acids is 2. The molecule has 2 aromatic carbocycles. The number of rotatable bonds is 4. The standard InChI is InChI=1S/C20H15BrClN5O3/c21-10-1-5-12(6-2-10)23-18(29)14-9-15(28)25-17-16(14)19(30)27-20(26-17)24-13-7-3-11(22)4-8-13/h1-8,14H,9H2,(H,23,29)(H3,24,25,26,27,28,30)/t14-/m1/s1. The summed E-state index contributed by atoms with van der Waals surface area (Å²) in [5, 5.41) is 8.83. The molecular weight excluding hydrogens is 474 g/mol. The Balaban J connectivity index is 1.62. The van der Waals surface area contributed by atoms with E-state index in [0.29, 0.717) is 16.4 Å². The molecule has 1 atom stereocenters. The Hall–Kier alpha value is -3.17. The Morgan fingerprint density at radius 2 is 1.73 bits per heavy atom. The second-order valence-corrected chi connectivity index (χ2v) is 7.96. The highest BCUT2D eigenvalue weighted by molar-refractivity contribution is 9.10. The molecule has 0 unspecified atom stereocenters. The van der Waals surface area contributed by atoms with Gasteiger partial charge in [-0.1, -0.05) is 27.5 Å². The molecule has 0 spiro atoms. The van der Waals surface area contributed by atoms with Crippen LogP contribution in [0.2, 0.25) is 5.02 Å². The number of H-pyrrole nitrogens is 1. The minimum absolute atomic E-state index is 0.0578. The lowest BCUT2D eigenvalue weighted by atomic mass is 9.92. The molecule has 2 heterocycles. The molecule has 1 aliphatic heterocycles. The summed E-state index contributed by atoms with van der Waals surface area (Å²) in [6.07, 6.45) is -0.149. The van der Waals surface area contributed by atoms with Gasteiger partial charge in [0.2, 0.25) is 17.8 Å². The van der Waals surface area contributed by atoms with E-state index in [-0.39, 0.29) is 23.8 Å². The number of aromatic amines is 1. The summed E-state index contributed by atoms with van der Waals surface area (Å²) in [7, 11) is 0. The van der Waals surface area contributed by atoms with Crippen molar-refractivity contribution in [1.29, 1.82) is 0 Å². The van der Waals surface area contributed by atoms with Crippen molar-refractivity contribution in [1.82, 2.24) is 9.97 Å². The number of benzene rings is 2. The molecule has 2 amide bonds. The van der Waals surface area contributed by atoms with E-state index in [0.717, 1.165) is 4.47 Å². The monoisotopic (exact) mass is 487 g/mol. The van der Waals surface area contributed by atoms with Crippen molar-refractivity contribution in [3.8, 4) is 0 Å². The summed E-state index contributed by atoms with van der Waals surface area (Å²) in [5.41, 5.74) is 0.814. The molecule has 10 heteroatoms. The van der Waals surface area contributed by atoms with Gasteiger partial charge in [-0.3, -0.25) is 19.4 Å². The van der Waals surface area contributed by atoms with Gasteiger partial charge >= 0.3 is 0 Å². The van der Waals surface area contributed by atoms with Crippen LogP contribution in [0.5, 0.6) is 0 Å². The zero-order chi connectivity index (χ0) is 21.3. The fourth-order valence-electron chi connectivity index (χ4n) is 3.09. The van der Waals surface area contributed by atoms with Crippen LogP contribution in [-0.4, -0.2) is 21.8 Å². The summed E-state index contributed by atoms with van der Waals surface area (Å²) < 4.78 is 0.865. The first-order chi connectivity index (χ1) is 14.4. The number of carbonyl (C=O) groups is 2. The lowest BCUT2D eigenvalue weighted by Crippen LogP contribution is -2.36. The van der Waals surface area contributed by atoms with Crippen LogP contribution in [0.25, 0.3) is 0 Å². The number of halogens is 2. The van der Waals surface area contributed by atoms with Gasteiger partial charge in [0.1, 0.15) is 5.82 Å². The van der Waals surface area contributed by atoms with Crippen LogP contribution in [0, 0.1) is 0 Å². The Morgan fingerprint density at radius 3 is 2.43 bits per heavy atom. The SMILES string of the molecule is O=C1C[C@@H](C(=O)Nc2ccc(Br)cc2)c2c(nc(Nc3ccc(Cl)cc3)[nH]c2=O)N1. The maximum atomic E-state index is 12.8. The summed E-state index contributed by atoms with van der Waals surface area (Å²) in [4.78, 5) is 44.6. The van der Waals surface area contributed by atoms with Crippen molar-refractivity contribution in [2.75, 3.05) is 16.0 Å². The highest BCUT2D eigenvalue weighted by Gasteiger charge is 2.34. The Bertz CT molecular complexity index is 1180. The van der Waals surface area contributed by atoms with Crippen molar-refractivity contribution < 1.29 is 9.59 Å². The maximum absolute atomic E-state index is 12.8. The molecular formula is C20H15BrClN5O3. The number of amides is 2. The second kappa shape index (κ2) is 8.29. The lowest BCUT2D eigenvalue weighted by molar-refractivity contribution is -0.123. The highest BCUT2D eigenvalue weighted by atomic mass is 79.9. The minimum atomic E-state index is -0.960. The van der Waals surface area contributed by atoms with Gasteiger partial charge in [-0.05, 0) is 48.5 Å². The first-order valence-electron chi connectivity index (χ1n) is 8.92. The van der Waals surface area contributed by atoms with E-state index in [9.17, 15) is 14.4 Å². The van der Waals surface area contributed by atoms with Crippen LogP contribution in [0.1, 0.15) is 17.9 Å². The molecule has 0 aliphatic carbocycles. The summed E-state index contributed by atoms with van der Waals surface area (Å²) in [6, 6.07) is 13.8. The third-order valence-electron chi connectivity index (χ3n) is 4.49. The predicted octanol–water partition coefficient (Wildman–Crippen LogP) is 3.99. The Morgan fingerprint density at radius 1 is 1.07 bits per heavy atom. The normalized spacial score (nSPS) is 15.1. The molecule has 1 aromatic heterocycles. The van der Waals surface area contributed by atoms with Crippen LogP contribution in [0.3, 0.4) is 0 Å². The first kappa shape index (κ1) is 20.1.